The van der Waals surface area contributed by atoms with E-state index in [-0.39, 0.29) is 18.1 Å². The van der Waals surface area contributed by atoms with Gasteiger partial charge in [-0.05, 0) is 18.2 Å². The lowest BCUT2D eigenvalue weighted by atomic mass is 10.1. The lowest BCUT2D eigenvalue weighted by Crippen LogP contribution is -2.29. The molecule has 0 radical (unpaired) electrons. The Bertz CT molecular complexity index is 715. The Morgan fingerprint density at radius 2 is 1.75 bits per heavy atom. The van der Waals surface area contributed by atoms with Crippen molar-refractivity contribution in [3.05, 3.63) is 65.7 Å². The summed E-state index contributed by atoms with van der Waals surface area (Å²) >= 11 is 0. The Balaban J connectivity index is 1.95. The molecule has 0 N–H and O–H groups in total. The molecule has 0 unspecified atom stereocenters. The Morgan fingerprint density at radius 1 is 1.12 bits per heavy atom. The lowest BCUT2D eigenvalue weighted by molar-refractivity contribution is -0.137. The van der Waals surface area contributed by atoms with Crippen LogP contribution in [0.2, 0.25) is 0 Å². The number of para-hydroxylation sites is 1. The molecule has 2 rings (SSSR count). The molecule has 0 heterocycles. The first-order valence-electron chi connectivity index (χ1n) is 7.03. The maximum Gasteiger partial charge on any atom is 0.417 e. The fraction of sp³-hybridized carbons (Fsp3) is 0.176. The largest absolute Gasteiger partial charge is 0.417 e. The van der Waals surface area contributed by atoms with Crippen LogP contribution < -0.4 is 4.90 Å². The van der Waals surface area contributed by atoms with Crippen LogP contribution in [0.1, 0.15) is 11.1 Å². The first-order chi connectivity index (χ1) is 11.4. The van der Waals surface area contributed by atoms with Crippen LogP contribution in [0.3, 0.4) is 0 Å². The van der Waals surface area contributed by atoms with Crippen molar-refractivity contribution in [2.45, 2.75) is 6.18 Å². The Labute approximate surface area is 137 Å². The Hall–Kier alpha value is -2.83. The molecule has 0 fully saturated rings. The summed E-state index contributed by atoms with van der Waals surface area (Å²) in [6, 6.07) is 13.9. The van der Waals surface area contributed by atoms with Gasteiger partial charge in [0.1, 0.15) is 0 Å². The topological polar surface area (TPSA) is 41.9 Å². The van der Waals surface area contributed by atoms with Gasteiger partial charge in [0, 0.05) is 18.3 Å². The van der Waals surface area contributed by atoms with Crippen molar-refractivity contribution >= 4 is 17.8 Å². The number of anilines is 1. The number of likely N-dealkylation sites (N-methyl/N-ethyl adjacent to an activating group) is 1. The minimum absolute atomic E-state index is 0.131. The molecule has 126 valence electrons. The molecule has 2 aromatic carbocycles. The van der Waals surface area contributed by atoms with Gasteiger partial charge in [0.15, 0.2) is 6.61 Å². The minimum Gasteiger partial charge on any atom is -0.386 e. The highest BCUT2D eigenvalue weighted by Gasteiger charge is 2.32. The summed E-state index contributed by atoms with van der Waals surface area (Å²) in [6.45, 7) is -0.379. The molecule has 2 aromatic rings. The normalized spacial score (nSPS) is 11.5. The predicted octanol–water partition coefficient (Wildman–Crippen LogP) is 3.72. The molecule has 7 heteroatoms. The van der Waals surface area contributed by atoms with Crippen LogP contribution in [-0.4, -0.2) is 25.8 Å². The van der Waals surface area contributed by atoms with Crippen molar-refractivity contribution in [3.63, 3.8) is 0 Å². The third-order valence-corrected chi connectivity index (χ3v) is 3.24. The molecule has 0 aliphatic rings. The number of halogens is 3. The van der Waals surface area contributed by atoms with E-state index in [1.807, 2.05) is 6.07 Å². The van der Waals surface area contributed by atoms with Crippen molar-refractivity contribution in [1.82, 2.24) is 0 Å². The Kier molecular flexibility index (Phi) is 5.57. The fourth-order valence-corrected chi connectivity index (χ4v) is 1.95. The van der Waals surface area contributed by atoms with E-state index in [4.69, 9.17) is 4.84 Å². The third-order valence-electron chi connectivity index (χ3n) is 3.24. The van der Waals surface area contributed by atoms with Gasteiger partial charge in [0.2, 0.25) is 0 Å². The molecule has 1 amide bonds. The van der Waals surface area contributed by atoms with Gasteiger partial charge in [-0.25, -0.2) is 0 Å². The number of hydrogen-bond acceptors (Lipinski definition) is 3. The summed E-state index contributed by atoms with van der Waals surface area (Å²) in [4.78, 5) is 18.1. The van der Waals surface area contributed by atoms with E-state index >= 15 is 0 Å². The first-order valence-corrected chi connectivity index (χ1v) is 7.03. The third kappa shape index (κ3) is 4.58. The molecule has 0 spiro atoms. The number of carbonyl (C=O) groups is 1. The fourth-order valence-electron chi connectivity index (χ4n) is 1.95. The molecule has 0 aliphatic heterocycles. The standard InChI is InChI=1S/C17H15F3N2O2/c1-22(14-8-3-2-4-9-14)16(23)12-24-21-11-13-7-5-6-10-15(13)17(18,19)20/h2-11H,12H2,1H3/b21-11+. The highest BCUT2D eigenvalue weighted by molar-refractivity contribution is 5.93. The van der Waals surface area contributed by atoms with Crippen LogP contribution in [0.15, 0.2) is 59.8 Å². The molecule has 0 aliphatic carbocycles. The first kappa shape index (κ1) is 17.5. The minimum atomic E-state index is -4.48. The zero-order valence-electron chi connectivity index (χ0n) is 12.8. The predicted molar refractivity (Wildman–Crippen MR) is 84.8 cm³/mol. The monoisotopic (exact) mass is 336 g/mol. The van der Waals surface area contributed by atoms with Crippen LogP contribution in [-0.2, 0) is 15.8 Å². The molecule has 0 bridgehead atoms. The van der Waals surface area contributed by atoms with Gasteiger partial charge in [0.05, 0.1) is 11.8 Å². The van der Waals surface area contributed by atoms with Gasteiger partial charge in [-0.1, -0.05) is 41.6 Å². The maximum absolute atomic E-state index is 12.8. The molecule has 0 saturated carbocycles. The van der Waals surface area contributed by atoms with Gasteiger partial charge in [-0.15, -0.1) is 0 Å². The van der Waals surface area contributed by atoms with Crippen LogP contribution >= 0.6 is 0 Å². The molecule has 4 nitrogen and oxygen atoms in total. The summed E-state index contributed by atoms with van der Waals surface area (Å²) in [6.07, 6.45) is -3.54. The molecule has 24 heavy (non-hydrogen) atoms. The van der Waals surface area contributed by atoms with Crippen LogP contribution in [0.25, 0.3) is 0 Å². The van der Waals surface area contributed by atoms with Crippen molar-refractivity contribution in [2.24, 2.45) is 5.16 Å². The average Bonchev–Trinajstić information content (AvgIpc) is 2.58. The number of hydrogen-bond donors (Lipinski definition) is 0. The number of carbonyl (C=O) groups excluding carboxylic acids is 1. The highest BCUT2D eigenvalue weighted by atomic mass is 19.4. The summed E-state index contributed by atoms with van der Waals surface area (Å²) in [5, 5.41) is 3.46. The van der Waals surface area contributed by atoms with Gasteiger partial charge in [-0.2, -0.15) is 13.2 Å². The number of rotatable bonds is 5. The number of amides is 1. The SMILES string of the molecule is CN(C(=O)CO/N=C/c1ccccc1C(F)(F)F)c1ccccc1. The molecule has 0 saturated heterocycles. The van der Waals surface area contributed by atoms with E-state index in [9.17, 15) is 18.0 Å². The van der Waals surface area contributed by atoms with Gasteiger partial charge < -0.3 is 9.74 Å². The second-order valence-corrected chi connectivity index (χ2v) is 4.88. The van der Waals surface area contributed by atoms with Crippen molar-refractivity contribution in [1.29, 1.82) is 0 Å². The average molecular weight is 336 g/mol. The van der Waals surface area contributed by atoms with Crippen LogP contribution in [0, 0.1) is 0 Å². The maximum atomic E-state index is 12.8. The quantitative estimate of drug-likeness (QED) is 0.617. The van der Waals surface area contributed by atoms with Gasteiger partial charge in [0.25, 0.3) is 5.91 Å². The molecule has 0 aromatic heterocycles. The molecular weight excluding hydrogens is 321 g/mol. The smallest absolute Gasteiger partial charge is 0.386 e. The van der Waals surface area contributed by atoms with Crippen LogP contribution in [0.5, 0.6) is 0 Å². The Morgan fingerprint density at radius 3 is 2.42 bits per heavy atom. The van der Waals surface area contributed by atoms with E-state index in [2.05, 4.69) is 5.16 Å². The highest BCUT2D eigenvalue weighted by Crippen LogP contribution is 2.31. The van der Waals surface area contributed by atoms with E-state index in [0.717, 1.165) is 12.3 Å². The lowest BCUT2D eigenvalue weighted by Gasteiger charge is -2.16. The number of benzene rings is 2. The van der Waals surface area contributed by atoms with Crippen molar-refractivity contribution in [3.8, 4) is 0 Å². The summed E-state index contributed by atoms with van der Waals surface area (Å²) in [7, 11) is 1.57. The second-order valence-electron chi connectivity index (χ2n) is 4.88. The van der Waals surface area contributed by atoms with E-state index in [0.29, 0.717) is 5.69 Å². The van der Waals surface area contributed by atoms with Gasteiger partial charge in [-0.3, -0.25) is 4.79 Å². The van der Waals surface area contributed by atoms with Crippen LogP contribution in [0.4, 0.5) is 18.9 Å². The summed E-state index contributed by atoms with van der Waals surface area (Å²) in [5.41, 5.74) is -0.267. The second kappa shape index (κ2) is 7.63. The summed E-state index contributed by atoms with van der Waals surface area (Å²) in [5.74, 6) is -0.373. The van der Waals surface area contributed by atoms with Gasteiger partial charge >= 0.3 is 6.18 Å². The summed E-state index contributed by atoms with van der Waals surface area (Å²) < 4.78 is 38.4. The van der Waals surface area contributed by atoms with Crippen molar-refractivity contribution < 1.29 is 22.8 Å². The molecule has 0 atom stereocenters. The molecular formula is C17H15F3N2O2. The number of oxime groups is 1. The zero-order valence-corrected chi connectivity index (χ0v) is 12.8. The van der Waals surface area contributed by atoms with E-state index in [1.165, 1.54) is 23.1 Å². The zero-order chi connectivity index (χ0) is 17.6. The van der Waals surface area contributed by atoms with Crippen molar-refractivity contribution in [2.75, 3.05) is 18.6 Å². The number of nitrogens with zero attached hydrogens (tertiary/aromatic N) is 2. The number of alkyl halides is 3. The van der Waals surface area contributed by atoms with E-state index in [1.54, 1.807) is 31.3 Å². The van der Waals surface area contributed by atoms with E-state index < -0.39 is 11.7 Å².